The van der Waals surface area contributed by atoms with Crippen LogP contribution in [0.5, 0.6) is 0 Å². The van der Waals surface area contributed by atoms with Crippen LogP contribution in [0.2, 0.25) is 0 Å². The molecule has 2 amide bonds. The number of carbonyl (C=O) groups excluding carboxylic acids is 1. The van der Waals surface area contributed by atoms with E-state index >= 15 is 0 Å². The van der Waals surface area contributed by atoms with Crippen molar-refractivity contribution in [3.8, 4) is 0 Å². The number of nitrogens with one attached hydrogen (secondary N) is 2. The molecule has 0 fully saturated rings. The van der Waals surface area contributed by atoms with E-state index in [2.05, 4.69) is 10.6 Å². The maximum atomic E-state index is 12.1. The molecule has 1 rings (SSSR count). The lowest BCUT2D eigenvalue weighted by molar-refractivity contribution is -0.124. The molecule has 2 atom stereocenters. The Bertz CT molecular complexity index is 469. The van der Waals surface area contributed by atoms with Gasteiger partial charge in [0.2, 0.25) is 5.91 Å². The van der Waals surface area contributed by atoms with Gasteiger partial charge in [0, 0.05) is 0 Å². The summed E-state index contributed by atoms with van der Waals surface area (Å²) in [6.45, 7) is 7.48. The van der Waals surface area contributed by atoms with Gasteiger partial charge in [-0.05, 0) is 25.3 Å². The fraction of sp³-hybridized carbons (Fsp3) is 0.467. The molecule has 0 aliphatic rings. The summed E-state index contributed by atoms with van der Waals surface area (Å²) in [5.41, 5.74) is 2.14. The first kappa shape index (κ1) is 16.0. The van der Waals surface area contributed by atoms with Crippen LogP contribution in [-0.4, -0.2) is 23.1 Å². The van der Waals surface area contributed by atoms with Crippen LogP contribution in [-0.2, 0) is 4.79 Å². The Morgan fingerprint density at radius 1 is 1.05 bits per heavy atom. The summed E-state index contributed by atoms with van der Waals surface area (Å²) in [6, 6.07) is 6.95. The van der Waals surface area contributed by atoms with Crippen molar-refractivity contribution in [1.82, 2.24) is 10.6 Å². The van der Waals surface area contributed by atoms with E-state index in [1.807, 2.05) is 38.1 Å². The van der Waals surface area contributed by atoms with Crippen LogP contribution >= 0.6 is 0 Å². The number of hydrogen-bond donors (Lipinski definition) is 3. The molecule has 3 N–H and O–H groups in total. The van der Waals surface area contributed by atoms with Crippen LogP contribution in [0.4, 0.5) is 4.79 Å². The van der Waals surface area contributed by atoms with E-state index in [9.17, 15) is 9.59 Å². The molecular weight excluding hydrogens is 256 g/mol. The van der Waals surface area contributed by atoms with Gasteiger partial charge in [0.1, 0.15) is 6.04 Å². The molecule has 0 heterocycles. The van der Waals surface area contributed by atoms with E-state index in [1.165, 1.54) is 0 Å². The van der Waals surface area contributed by atoms with E-state index in [0.29, 0.717) is 0 Å². The monoisotopic (exact) mass is 278 g/mol. The second-order valence-corrected chi connectivity index (χ2v) is 5.31. The molecule has 1 unspecified atom stereocenters. The summed E-state index contributed by atoms with van der Waals surface area (Å²) in [7, 11) is 0. The van der Waals surface area contributed by atoms with Crippen LogP contribution < -0.4 is 10.6 Å². The van der Waals surface area contributed by atoms with E-state index in [0.717, 1.165) is 11.1 Å². The third kappa shape index (κ3) is 4.57. The van der Waals surface area contributed by atoms with Crippen molar-refractivity contribution in [3.63, 3.8) is 0 Å². The van der Waals surface area contributed by atoms with Crippen molar-refractivity contribution in [2.75, 3.05) is 0 Å². The first-order valence-corrected chi connectivity index (χ1v) is 6.67. The lowest BCUT2D eigenvalue weighted by Crippen LogP contribution is -2.49. The molecule has 0 aliphatic heterocycles. The van der Waals surface area contributed by atoms with Gasteiger partial charge in [-0.15, -0.1) is 0 Å². The molecule has 0 radical (unpaired) electrons. The predicted octanol–water partition coefficient (Wildman–Crippen LogP) is 2.46. The quantitative estimate of drug-likeness (QED) is 0.774. The van der Waals surface area contributed by atoms with Crippen LogP contribution in [0.3, 0.4) is 0 Å². The first-order valence-electron chi connectivity index (χ1n) is 6.67. The SMILES string of the molecule is Cc1ccc(C(C)NC(=O)[C@@H](NC(=O)O)C(C)C)cc1. The van der Waals surface area contributed by atoms with Crippen molar-refractivity contribution in [1.29, 1.82) is 0 Å². The maximum Gasteiger partial charge on any atom is 0.405 e. The van der Waals surface area contributed by atoms with Crippen LogP contribution in [0.1, 0.15) is 37.9 Å². The van der Waals surface area contributed by atoms with Crippen molar-refractivity contribution in [2.45, 2.75) is 39.8 Å². The zero-order valence-corrected chi connectivity index (χ0v) is 12.3. The molecule has 0 saturated heterocycles. The summed E-state index contributed by atoms with van der Waals surface area (Å²) < 4.78 is 0. The number of aryl methyl sites for hydroxylation is 1. The number of rotatable bonds is 5. The highest BCUT2D eigenvalue weighted by atomic mass is 16.4. The highest BCUT2D eigenvalue weighted by Gasteiger charge is 2.25. The van der Waals surface area contributed by atoms with E-state index < -0.39 is 12.1 Å². The molecule has 0 saturated carbocycles. The summed E-state index contributed by atoms with van der Waals surface area (Å²) in [5, 5.41) is 13.9. The highest BCUT2D eigenvalue weighted by molar-refractivity contribution is 5.85. The molecular formula is C15H22N2O3. The number of benzene rings is 1. The second-order valence-electron chi connectivity index (χ2n) is 5.31. The molecule has 20 heavy (non-hydrogen) atoms. The van der Waals surface area contributed by atoms with Gasteiger partial charge in [0.05, 0.1) is 6.04 Å². The average Bonchev–Trinajstić information content (AvgIpc) is 2.35. The first-order chi connectivity index (χ1) is 9.31. The van der Waals surface area contributed by atoms with Gasteiger partial charge >= 0.3 is 6.09 Å². The summed E-state index contributed by atoms with van der Waals surface area (Å²) in [5.74, 6) is -0.424. The second kappa shape index (κ2) is 6.93. The van der Waals surface area contributed by atoms with Crippen molar-refractivity contribution in [3.05, 3.63) is 35.4 Å². The third-order valence-corrected chi connectivity index (χ3v) is 3.16. The zero-order chi connectivity index (χ0) is 15.3. The minimum atomic E-state index is -1.19. The summed E-state index contributed by atoms with van der Waals surface area (Å²) in [6.07, 6.45) is -1.19. The van der Waals surface area contributed by atoms with Gasteiger partial charge in [0.25, 0.3) is 0 Å². The van der Waals surface area contributed by atoms with Crippen molar-refractivity contribution in [2.24, 2.45) is 5.92 Å². The molecule has 0 aliphatic carbocycles. The Hall–Kier alpha value is -2.04. The van der Waals surface area contributed by atoms with E-state index in [4.69, 9.17) is 5.11 Å². The fourth-order valence-electron chi connectivity index (χ4n) is 1.91. The lowest BCUT2D eigenvalue weighted by Gasteiger charge is -2.23. The number of amides is 2. The normalized spacial score (nSPS) is 13.7. The van der Waals surface area contributed by atoms with Crippen LogP contribution in [0, 0.1) is 12.8 Å². The smallest absolute Gasteiger partial charge is 0.405 e. The highest BCUT2D eigenvalue weighted by Crippen LogP contribution is 2.14. The van der Waals surface area contributed by atoms with Crippen molar-refractivity contribution >= 4 is 12.0 Å². The standard InChI is InChI=1S/C15H22N2O3/c1-9(2)13(17-15(19)20)14(18)16-11(4)12-7-5-10(3)6-8-12/h5-9,11,13,17H,1-4H3,(H,16,18)(H,19,20)/t11?,13-/m0/s1. The van der Waals surface area contributed by atoms with E-state index in [-0.39, 0.29) is 17.9 Å². The van der Waals surface area contributed by atoms with Gasteiger partial charge in [0.15, 0.2) is 0 Å². The van der Waals surface area contributed by atoms with Gasteiger partial charge in [-0.1, -0.05) is 43.7 Å². The largest absolute Gasteiger partial charge is 0.465 e. The number of carboxylic acid groups (broad SMARTS) is 1. The minimum absolute atomic E-state index is 0.115. The molecule has 1 aromatic rings. The minimum Gasteiger partial charge on any atom is -0.465 e. The van der Waals surface area contributed by atoms with Gasteiger partial charge in [-0.25, -0.2) is 4.79 Å². The molecule has 5 nitrogen and oxygen atoms in total. The van der Waals surface area contributed by atoms with Gasteiger partial charge in [-0.2, -0.15) is 0 Å². The average molecular weight is 278 g/mol. The Morgan fingerprint density at radius 3 is 2.05 bits per heavy atom. The van der Waals surface area contributed by atoms with Crippen LogP contribution in [0.15, 0.2) is 24.3 Å². The Labute approximate surface area is 119 Å². The topological polar surface area (TPSA) is 78.4 Å². The molecule has 0 aromatic heterocycles. The van der Waals surface area contributed by atoms with Gasteiger partial charge < -0.3 is 15.7 Å². The molecule has 110 valence electrons. The third-order valence-electron chi connectivity index (χ3n) is 3.16. The Kier molecular flexibility index (Phi) is 5.55. The molecule has 1 aromatic carbocycles. The van der Waals surface area contributed by atoms with Crippen LogP contribution in [0.25, 0.3) is 0 Å². The van der Waals surface area contributed by atoms with Gasteiger partial charge in [-0.3, -0.25) is 4.79 Å². The summed E-state index contributed by atoms with van der Waals surface area (Å²) >= 11 is 0. The fourth-order valence-corrected chi connectivity index (χ4v) is 1.91. The molecule has 5 heteroatoms. The lowest BCUT2D eigenvalue weighted by atomic mass is 10.0. The zero-order valence-electron chi connectivity index (χ0n) is 12.3. The summed E-state index contributed by atoms with van der Waals surface area (Å²) in [4.78, 5) is 22.9. The molecule has 0 bridgehead atoms. The Balaban J connectivity index is 2.72. The molecule has 0 spiro atoms. The predicted molar refractivity (Wildman–Crippen MR) is 77.5 cm³/mol. The maximum absolute atomic E-state index is 12.1. The van der Waals surface area contributed by atoms with Crippen molar-refractivity contribution < 1.29 is 14.7 Å². The Morgan fingerprint density at radius 2 is 1.60 bits per heavy atom. The van der Waals surface area contributed by atoms with E-state index in [1.54, 1.807) is 13.8 Å². The number of carbonyl (C=O) groups is 2. The number of hydrogen-bond acceptors (Lipinski definition) is 2.